The van der Waals surface area contributed by atoms with Crippen molar-refractivity contribution < 1.29 is 4.79 Å². The molecule has 0 aromatic carbocycles. The Bertz CT molecular complexity index is 375. The van der Waals surface area contributed by atoms with E-state index in [2.05, 4.69) is 4.98 Å². The molecule has 1 aromatic heterocycles. The summed E-state index contributed by atoms with van der Waals surface area (Å²) in [6, 6.07) is 3.72. The predicted molar refractivity (Wildman–Crippen MR) is 66.8 cm³/mol. The number of nitrogens with zero attached hydrogens (tertiary/aromatic N) is 2. The number of hydrogen-bond acceptors (Lipinski definition) is 3. The minimum absolute atomic E-state index is 0.144. The molecule has 0 aliphatic carbocycles. The Hall–Kier alpha value is -1.03. The van der Waals surface area contributed by atoms with Gasteiger partial charge in [0.2, 0.25) is 0 Å². The monoisotopic (exact) mass is 236 g/mol. The van der Waals surface area contributed by atoms with Gasteiger partial charge in [0.15, 0.2) is 0 Å². The third kappa shape index (κ3) is 2.38. The number of aryl methyl sites for hydroxylation is 1. The van der Waals surface area contributed by atoms with Crippen molar-refractivity contribution in [1.29, 1.82) is 0 Å². The normalized spacial score (nSPS) is 16.2. The van der Waals surface area contributed by atoms with Crippen molar-refractivity contribution in [3.63, 3.8) is 0 Å². The van der Waals surface area contributed by atoms with Gasteiger partial charge in [0, 0.05) is 30.8 Å². The predicted octanol–water partition coefficient (Wildman–Crippen LogP) is 1.83. The molecule has 0 saturated carbocycles. The minimum Gasteiger partial charge on any atom is -0.337 e. The Morgan fingerprint density at radius 2 is 2.25 bits per heavy atom. The molecule has 4 heteroatoms. The summed E-state index contributed by atoms with van der Waals surface area (Å²) in [5, 5.41) is 0. The fourth-order valence-corrected chi connectivity index (χ4v) is 2.75. The van der Waals surface area contributed by atoms with E-state index in [1.54, 1.807) is 6.20 Å². The van der Waals surface area contributed by atoms with Crippen molar-refractivity contribution in [2.24, 2.45) is 0 Å². The van der Waals surface area contributed by atoms with E-state index in [1.807, 2.05) is 35.7 Å². The second kappa shape index (κ2) is 5.34. The molecule has 16 heavy (non-hydrogen) atoms. The van der Waals surface area contributed by atoms with Crippen molar-refractivity contribution in [2.45, 2.75) is 13.3 Å². The summed E-state index contributed by atoms with van der Waals surface area (Å²) in [4.78, 5) is 18.5. The summed E-state index contributed by atoms with van der Waals surface area (Å²) in [6.45, 7) is 3.76. The zero-order valence-corrected chi connectivity index (χ0v) is 10.3. The van der Waals surface area contributed by atoms with Crippen LogP contribution in [-0.4, -0.2) is 40.4 Å². The van der Waals surface area contributed by atoms with Gasteiger partial charge in [-0.1, -0.05) is 6.92 Å². The van der Waals surface area contributed by atoms with E-state index in [4.69, 9.17) is 0 Å². The van der Waals surface area contributed by atoms with Gasteiger partial charge in [-0.25, -0.2) is 0 Å². The van der Waals surface area contributed by atoms with E-state index in [0.717, 1.165) is 42.3 Å². The molecular weight excluding hydrogens is 220 g/mol. The molecule has 1 saturated heterocycles. The van der Waals surface area contributed by atoms with Crippen molar-refractivity contribution in [1.82, 2.24) is 9.88 Å². The molecule has 1 aromatic rings. The SMILES string of the molecule is CCc1ncccc1C(=O)N1CCSCC1. The van der Waals surface area contributed by atoms with E-state index in [0.29, 0.717) is 0 Å². The molecule has 1 amide bonds. The standard InChI is InChI=1S/C12H16N2OS/c1-2-11-10(4-3-5-13-11)12(15)14-6-8-16-9-7-14/h3-5H,2,6-9H2,1H3. The number of carbonyl (C=O) groups is 1. The quantitative estimate of drug-likeness (QED) is 0.785. The molecule has 1 fully saturated rings. The Kier molecular flexibility index (Phi) is 3.83. The van der Waals surface area contributed by atoms with E-state index < -0.39 is 0 Å². The Morgan fingerprint density at radius 3 is 2.94 bits per heavy atom. The summed E-state index contributed by atoms with van der Waals surface area (Å²) in [7, 11) is 0. The van der Waals surface area contributed by atoms with Crippen molar-refractivity contribution in [2.75, 3.05) is 24.6 Å². The van der Waals surface area contributed by atoms with Crippen LogP contribution in [0.2, 0.25) is 0 Å². The smallest absolute Gasteiger partial charge is 0.255 e. The zero-order chi connectivity index (χ0) is 11.4. The highest BCUT2D eigenvalue weighted by Crippen LogP contribution is 2.15. The lowest BCUT2D eigenvalue weighted by molar-refractivity contribution is 0.0770. The molecule has 86 valence electrons. The van der Waals surface area contributed by atoms with Crippen molar-refractivity contribution >= 4 is 17.7 Å². The van der Waals surface area contributed by atoms with E-state index in [9.17, 15) is 4.79 Å². The first-order chi connectivity index (χ1) is 7.83. The number of amides is 1. The largest absolute Gasteiger partial charge is 0.337 e. The van der Waals surface area contributed by atoms with Crippen LogP contribution in [0.25, 0.3) is 0 Å². The maximum atomic E-state index is 12.3. The van der Waals surface area contributed by atoms with E-state index >= 15 is 0 Å². The highest BCUT2D eigenvalue weighted by atomic mass is 32.2. The number of pyridine rings is 1. The molecule has 0 radical (unpaired) electrons. The first-order valence-corrected chi connectivity index (χ1v) is 6.79. The Labute approximate surface area is 100 Å². The van der Waals surface area contributed by atoms with Gasteiger partial charge in [-0.3, -0.25) is 9.78 Å². The van der Waals surface area contributed by atoms with Crippen LogP contribution in [0.3, 0.4) is 0 Å². The maximum Gasteiger partial charge on any atom is 0.255 e. The molecule has 1 aliphatic rings. The van der Waals surface area contributed by atoms with Crippen molar-refractivity contribution in [3.8, 4) is 0 Å². The highest BCUT2D eigenvalue weighted by molar-refractivity contribution is 7.99. The van der Waals surface area contributed by atoms with Gasteiger partial charge in [-0.05, 0) is 18.6 Å². The lowest BCUT2D eigenvalue weighted by Gasteiger charge is -2.26. The van der Waals surface area contributed by atoms with Crippen LogP contribution >= 0.6 is 11.8 Å². The number of thioether (sulfide) groups is 1. The Balaban J connectivity index is 2.19. The average Bonchev–Trinajstić information content (AvgIpc) is 2.39. The van der Waals surface area contributed by atoms with Crippen LogP contribution in [0.5, 0.6) is 0 Å². The maximum absolute atomic E-state index is 12.3. The van der Waals surface area contributed by atoms with Crippen LogP contribution in [0.15, 0.2) is 18.3 Å². The Morgan fingerprint density at radius 1 is 1.50 bits per heavy atom. The van der Waals surface area contributed by atoms with Crippen LogP contribution in [-0.2, 0) is 6.42 Å². The number of rotatable bonds is 2. The number of aromatic nitrogens is 1. The second-order valence-electron chi connectivity index (χ2n) is 3.76. The summed E-state index contributed by atoms with van der Waals surface area (Å²) in [5.74, 6) is 2.24. The summed E-state index contributed by atoms with van der Waals surface area (Å²) < 4.78 is 0. The minimum atomic E-state index is 0.144. The lowest BCUT2D eigenvalue weighted by Crippen LogP contribution is -2.38. The van der Waals surface area contributed by atoms with Gasteiger partial charge in [-0.15, -0.1) is 0 Å². The number of hydrogen-bond donors (Lipinski definition) is 0. The average molecular weight is 236 g/mol. The van der Waals surface area contributed by atoms with Gasteiger partial charge >= 0.3 is 0 Å². The molecular formula is C12H16N2OS. The molecule has 3 nitrogen and oxygen atoms in total. The van der Waals surface area contributed by atoms with Crippen LogP contribution < -0.4 is 0 Å². The van der Waals surface area contributed by atoms with Gasteiger partial charge in [0.25, 0.3) is 5.91 Å². The van der Waals surface area contributed by atoms with Crippen LogP contribution in [0.4, 0.5) is 0 Å². The first-order valence-electron chi connectivity index (χ1n) is 5.64. The van der Waals surface area contributed by atoms with Crippen molar-refractivity contribution in [3.05, 3.63) is 29.6 Å². The third-order valence-electron chi connectivity index (χ3n) is 2.75. The first kappa shape index (κ1) is 11.5. The fraction of sp³-hybridized carbons (Fsp3) is 0.500. The second-order valence-corrected chi connectivity index (χ2v) is 4.98. The molecule has 0 spiro atoms. The van der Waals surface area contributed by atoms with Crippen LogP contribution in [0, 0.1) is 0 Å². The third-order valence-corrected chi connectivity index (χ3v) is 3.70. The molecule has 0 N–H and O–H groups in total. The number of carbonyl (C=O) groups excluding carboxylic acids is 1. The summed E-state index contributed by atoms with van der Waals surface area (Å²) >= 11 is 1.91. The fourth-order valence-electron chi connectivity index (χ4n) is 1.85. The summed E-state index contributed by atoms with van der Waals surface area (Å²) in [6.07, 6.45) is 2.56. The molecule has 0 unspecified atom stereocenters. The van der Waals surface area contributed by atoms with Gasteiger partial charge < -0.3 is 4.90 Å². The zero-order valence-electron chi connectivity index (χ0n) is 9.48. The van der Waals surface area contributed by atoms with Gasteiger partial charge in [0.1, 0.15) is 0 Å². The topological polar surface area (TPSA) is 33.2 Å². The van der Waals surface area contributed by atoms with Gasteiger partial charge in [0.05, 0.1) is 11.3 Å². The highest BCUT2D eigenvalue weighted by Gasteiger charge is 2.20. The van der Waals surface area contributed by atoms with E-state index in [1.165, 1.54) is 0 Å². The molecule has 1 aliphatic heterocycles. The summed E-state index contributed by atoms with van der Waals surface area (Å²) in [5.41, 5.74) is 1.68. The molecule has 2 rings (SSSR count). The molecule has 0 bridgehead atoms. The molecule has 0 atom stereocenters. The van der Waals surface area contributed by atoms with Gasteiger partial charge in [-0.2, -0.15) is 11.8 Å². The van der Waals surface area contributed by atoms with Crippen LogP contribution in [0.1, 0.15) is 23.0 Å². The van der Waals surface area contributed by atoms with E-state index in [-0.39, 0.29) is 5.91 Å². The molecule has 2 heterocycles. The lowest BCUT2D eigenvalue weighted by atomic mass is 10.1.